The number of unbranched alkanes of at least 4 members (excludes halogenated alkanes) is 15. The van der Waals surface area contributed by atoms with E-state index in [1.165, 1.54) is 57.4 Å². The van der Waals surface area contributed by atoms with Crippen LogP contribution in [0.15, 0.2) is 48.6 Å². The van der Waals surface area contributed by atoms with Gasteiger partial charge in [-0.25, -0.2) is 4.57 Å². The minimum atomic E-state index is -5.15. The predicted molar refractivity (Wildman–Crippen MR) is 219 cm³/mol. The summed E-state index contributed by atoms with van der Waals surface area (Å²) in [5, 5.41) is 74.0. The van der Waals surface area contributed by atoms with Crippen LogP contribution in [0.25, 0.3) is 0 Å². The van der Waals surface area contributed by atoms with Crippen molar-refractivity contribution < 1.29 is 59.0 Å². The van der Waals surface area contributed by atoms with Crippen LogP contribution in [-0.4, -0.2) is 108 Å². The second kappa shape index (κ2) is 32.2. The Morgan fingerprint density at radius 2 is 1.12 bits per heavy atom. The molecule has 0 aromatic heterocycles. The number of rotatable bonds is 33. The lowest BCUT2D eigenvalue weighted by molar-refractivity contribution is -0.220. The van der Waals surface area contributed by atoms with Crippen molar-refractivity contribution in [1.82, 2.24) is 5.32 Å². The Labute approximate surface area is 336 Å². The molecule has 1 rings (SSSR count). The molecule has 0 aliphatic heterocycles. The largest absolute Gasteiger partial charge is 0.472 e. The molecule has 1 fully saturated rings. The number of aliphatic hydroxyl groups excluding tert-OH is 7. The SMILES string of the molecule is C/C=C/CC/C=C/CC/C=C/C(O)C(COP(=O)(O)OC1C(O)C(O)C(O)C(O)C1O)NC(=O)CC(O)CCCCCCC/C=C\CCCCCCCCCC. The first-order chi connectivity index (χ1) is 26.8. The molecule has 9 N–H and O–H groups in total. The summed E-state index contributed by atoms with van der Waals surface area (Å²) in [6, 6.07) is -1.26. The van der Waals surface area contributed by atoms with Crippen molar-refractivity contribution in [3.63, 3.8) is 0 Å². The standard InChI is InChI=1S/C42H76NO12P/c1-3-5-7-9-11-13-14-15-16-17-18-19-20-22-23-25-27-29-33(44)31-36(46)43-34(35(45)30-28-26-24-21-12-10-8-6-4-2)32-54-56(52,53)55-42-40(50)38(48)37(47)39(49)41(42)51/h4,6,12,17-18,21,28,30,33-35,37-42,44-45,47-51H,3,5,7-11,13-16,19-20,22-27,29,31-32H2,1-2H3,(H,43,46)(H,52,53)/b6-4+,18-17-,21-12+,30-28+. The lowest BCUT2D eigenvalue weighted by Gasteiger charge is -2.41. The fourth-order valence-corrected chi connectivity index (χ4v) is 7.42. The van der Waals surface area contributed by atoms with Crippen LogP contribution in [-0.2, 0) is 18.4 Å². The summed E-state index contributed by atoms with van der Waals surface area (Å²) >= 11 is 0. The van der Waals surface area contributed by atoms with Crippen molar-refractivity contribution in [1.29, 1.82) is 0 Å². The minimum Gasteiger partial charge on any atom is -0.393 e. The van der Waals surface area contributed by atoms with Gasteiger partial charge in [-0.1, -0.05) is 126 Å². The molecule has 8 atom stereocenters. The van der Waals surface area contributed by atoms with Crippen molar-refractivity contribution >= 4 is 13.7 Å². The lowest BCUT2D eigenvalue weighted by Crippen LogP contribution is -2.64. The molecule has 0 aromatic rings. The third kappa shape index (κ3) is 24.2. The van der Waals surface area contributed by atoms with Crippen molar-refractivity contribution in [3.05, 3.63) is 48.6 Å². The predicted octanol–water partition coefficient (Wildman–Crippen LogP) is 5.97. The monoisotopic (exact) mass is 818 g/mol. The average molecular weight is 818 g/mol. The van der Waals surface area contributed by atoms with Crippen LogP contribution in [0, 0.1) is 0 Å². The van der Waals surface area contributed by atoms with Crippen LogP contribution in [0.3, 0.4) is 0 Å². The molecule has 1 aliphatic carbocycles. The first-order valence-electron chi connectivity index (χ1n) is 21.1. The van der Waals surface area contributed by atoms with Crippen molar-refractivity contribution in [2.45, 2.75) is 204 Å². The molecule has 1 amide bonds. The van der Waals surface area contributed by atoms with E-state index in [9.17, 15) is 50.0 Å². The number of phosphoric acid groups is 1. The Morgan fingerprint density at radius 3 is 1.68 bits per heavy atom. The zero-order valence-corrected chi connectivity index (χ0v) is 34.9. The Hall–Kier alpha value is -1.74. The van der Waals surface area contributed by atoms with E-state index in [0.717, 1.165) is 57.8 Å². The molecule has 0 aromatic carbocycles. The first-order valence-corrected chi connectivity index (χ1v) is 22.6. The van der Waals surface area contributed by atoms with E-state index in [0.29, 0.717) is 19.3 Å². The quantitative estimate of drug-likeness (QED) is 0.0212. The number of allylic oxidation sites excluding steroid dienone is 7. The normalized spacial score (nSPS) is 24.7. The van der Waals surface area contributed by atoms with Crippen LogP contribution >= 0.6 is 7.82 Å². The van der Waals surface area contributed by atoms with E-state index in [4.69, 9.17) is 9.05 Å². The maximum atomic E-state index is 12.9. The van der Waals surface area contributed by atoms with Gasteiger partial charge in [0.25, 0.3) is 0 Å². The summed E-state index contributed by atoms with van der Waals surface area (Å²) in [6.07, 6.45) is 22.5. The zero-order chi connectivity index (χ0) is 41.6. The molecule has 1 aliphatic rings. The Kier molecular flexibility index (Phi) is 30.0. The van der Waals surface area contributed by atoms with Gasteiger partial charge in [-0.3, -0.25) is 13.8 Å². The first kappa shape index (κ1) is 52.3. The number of phosphoric ester groups is 1. The van der Waals surface area contributed by atoms with E-state index in [2.05, 4.69) is 36.5 Å². The third-order valence-electron chi connectivity index (χ3n) is 9.96. The lowest BCUT2D eigenvalue weighted by atomic mass is 9.85. The minimum absolute atomic E-state index is 0.263. The molecule has 13 nitrogen and oxygen atoms in total. The van der Waals surface area contributed by atoms with Crippen molar-refractivity contribution in [2.75, 3.05) is 6.61 Å². The maximum Gasteiger partial charge on any atom is 0.472 e. The molecule has 0 radical (unpaired) electrons. The Bertz CT molecular complexity index is 1150. The van der Waals surface area contributed by atoms with Gasteiger partial charge >= 0.3 is 7.82 Å². The molecule has 0 saturated heterocycles. The van der Waals surface area contributed by atoms with E-state index < -0.39 is 75.2 Å². The van der Waals surface area contributed by atoms with Gasteiger partial charge in [0.15, 0.2) is 0 Å². The third-order valence-corrected chi connectivity index (χ3v) is 10.9. The summed E-state index contributed by atoms with van der Waals surface area (Å²) in [6.45, 7) is 3.45. The van der Waals surface area contributed by atoms with E-state index in [-0.39, 0.29) is 6.42 Å². The maximum absolute atomic E-state index is 12.9. The second-order valence-corrected chi connectivity index (χ2v) is 16.4. The highest BCUT2D eigenvalue weighted by atomic mass is 31.2. The molecule has 0 spiro atoms. The molecule has 8 unspecified atom stereocenters. The molecule has 326 valence electrons. The smallest absolute Gasteiger partial charge is 0.393 e. The molecule has 0 heterocycles. The van der Waals surface area contributed by atoms with E-state index >= 15 is 0 Å². The number of carbonyl (C=O) groups is 1. The second-order valence-electron chi connectivity index (χ2n) is 15.0. The number of hydrogen-bond acceptors (Lipinski definition) is 11. The van der Waals surface area contributed by atoms with Gasteiger partial charge in [-0.2, -0.15) is 0 Å². The van der Waals surface area contributed by atoms with Gasteiger partial charge in [0.2, 0.25) is 5.91 Å². The van der Waals surface area contributed by atoms with Crippen LogP contribution < -0.4 is 5.32 Å². The molecule has 14 heteroatoms. The molecule has 0 bridgehead atoms. The van der Waals surface area contributed by atoms with E-state index in [1.54, 1.807) is 6.08 Å². The summed E-state index contributed by atoms with van der Waals surface area (Å²) in [7, 11) is -5.15. The highest BCUT2D eigenvalue weighted by Gasteiger charge is 2.51. The fourth-order valence-electron chi connectivity index (χ4n) is 6.45. The van der Waals surface area contributed by atoms with Gasteiger partial charge < -0.3 is 46.0 Å². The van der Waals surface area contributed by atoms with Crippen molar-refractivity contribution in [3.8, 4) is 0 Å². The van der Waals surface area contributed by atoms with Crippen LogP contribution in [0.1, 0.15) is 149 Å². The average Bonchev–Trinajstić information content (AvgIpc) is 3.17. The molecule has 1 saturated carbocycles. The number of aliphatic hydroxyl groups is 7. The summed E-state index contributed by atoms with van der Waals surface area (Å²) in [5.41, 5.74) is 0. The van der Waals surface area contributed by atoms with Gasteiger partial charge in [0.1, 0.15) is 36.6 Å². The zero-order valence-electron chi connectivity index (χ0n) is 34.0. The fraction of sp³-hybridized carbons (Fsp3) is 0.786. The van der Waals surface area contributed by atoms with Gasteiger partial charge in [-0.05, 0) is 64.7 Å². The number of amides is 1. The van der Waals surface area contributed by atoms with Crippen LogP contribution in [0.4, 0.5) is 0 Å². The molecule has 56 heavy (non-hydrogen) atoms. The highest BCUT2D eigenvalue weighted by Crippen LogP contribution is 2.47. The number of nitrogens with one attached hydrogen (secondary N) is 1. The number of carbonyl (C=O) groups excluding carboxylic acids is 1. The van der Waals surface area contributed by atoms with Crippen LogP contribution in [0.2, 0.25) is 0 Å². The summed E-state index contributed by atoms with van der Waals surface area (Å²) in [4.78, 5) is 23.3. The van der Waals surface area contributed by atoms with Gasteiger partial charge in [0.05, 0.1) is 31.3 Å². The van der Waals surface area contributed by atoms with Crippen molar-refractivity contribution in [2.24, 2.45) is 0 Å². The van der Waals surface area contributed by atoms with E-state index in [1.807, 2.05) is 19.1 Å². The topological polar surface area (TPSA) is 226 Å². The Balaban J connectivity index is 2.55. The highest BCUT2D eigenvalue weighted by molar-refractivity contribution is 7.47. The van der Waals surface area contributed by atoms with Crippen LogP contribution in [0.5, 0.6) is 0 Å². The number of hydrogen-bond donors (Lipinski definition) is 9. The molecular weight excluding hydrogens is 741 g/mol. The van der Waals surface area contributed by atoms with Gasteiger partial charge in [0, 0.05) is 0 Å². The van der Waals surface area contributed by atoms with Gasteiger partial charge in [-0.15, -0.1) is 0 Å². The molecular formula is C42H76NO12P. The summed E-state index contributed by atoms with van der Waals surface area (Å²) in [5.74, 6) is -0.617. The summed E-state index contributed by atoms with van der Waals surface area (Å²) < 4.78 is 22.7. The Morgan fingerprint density at radius 1 is 0.661 bits per heavy atom.